The number of ether oxygens (including phenoxy) is 1. The number of hydrogen-bond acceptors (Lipinski definition) is 4. The largest absolute Gasteiger partial charge is 0.377 e. The Kier molecular flexibility index (Phi) is 6.35. The molecule has 0 spiro atoms. The zero-order valence-electron chi connectivity index (χ0n) is 16.8. The second-order valence-electron chi connectivity index (χ2n) is 7.91. The first-order chi connectivity index (χ1) is 12.5. The quantitative estimate of drug-likeness (QED) is 0.624. The van der Waals surface area contributed by atoms with E-state index in [9.17, 15) is 4.79 Å². The van der Waals surface area contributed by atoms with Gasteiger partial charge in [-0.2, -0.15) is 5.10 Å². The van der Waals surface area contributed by atoms with Crippen molar-refractivity contribution < 1.29 is 9.53 Å². The van der Waals surface area contributed by atoms with E-state index < -0.39 is 0 Å². The Hall–Kier alpha value is -1.40. The van der Waals surface area contributed by atoms with Gasteiger partial charge in [-0.25, -0.2) is 0 Å². The predicted molar refractivity (Wildman–Crippen MR) is 102 cm³/mol. The van der Waals surface area contributed by atoms with Crippen LogP contribution in [0.1, 0.15) is 67.9 Å². The smallest absolute Gasteiger partial charge is 0.224 e. The molecule has 1 aliphatic heterocycles. The van der Waals surface area contributed by atoms with Crippen molar-refractivity contribution in [2.75, 3.05) is 20.2 Å². The van der Waals surface area contributed by atoms with Gasteiger partial charge in [-0.3, -0.25) is 9.48 Å². The van der Waals surface area contributed by atoms with Crippen molar-refractivity contribution in [1.82, 2.24) is 20.0 Å². The van der Waals surface area contributed by atoms with Crippen LogP contribution in [0, 0.1) is 13.8 Å². The maximum absolute atomic E-state index is 12.3. The number of aryl methyl sites for hydroxylation is 2. The van der Waals surface area contributed by atoms with Crippen molar-refractivity contribution in [2.45, 2.75) is 77.0 Å². The average Bonchev–Trinajstić information content (AvgIpc) is 2.91. The standard InChI is InChI=1S/C20H34N4O2/c1-14-19(15(2)24(4)22-14)20-17(13-18(25)23(20)3)21-11-12-26-16-9-7-5-6-8-10-16/h16-17,20-21H,5-13H2,1-4H3/t17-,20-/m1/s1. The van der Waals surface area contributed by atoms with Crippen LogP contribution in [0.3, 0.4) is 0 Å². The number of likely N-dealkylation sites (tertiary alicyclic amines) is 1. The third kappa shape index (κ3) is 4.12. The molecule has 6 nitrogen and oxygen atoms in total. The molecule has 1 saturated carbocycles. The van der Waals surface area contributed by atoms with Crippen LogP contribution in [-0.4, -0.2) is 52.9 Å². The Morgan fingerprint density at radius 2 is 1.85 bits per heavy atom. The topological polar surface area (TPSA) is 59.4 Å². The van der Waals surface area contributed by atoms with Crippen LogP contribution >= 0.6 is 0 Å². The van der Waals surface area contributed by atoms with E-state index in [1.54, 1.807) is 0 Å². The zero-order chi connectivity index (χ0) is 18.7. The minimum absolute atomic E-state index is 0.0501. The molecule has 2 atom stereocenters. The summed E-state index contributed by atoms with van der Waals surface area (Å²) in [7, 11) is 3.87. The molecule has 1 aromatic rings. The first-order valence-corrected chi connectivity index (χ1v) is 10.1. The van der Waals surface area contributed by atoms with Gasteiger partial charge in [0.2, 0.25) is 5.91 Å². The van der Waals surface area contributed by atoms with Gasteiger partial charge < -0.3 is 15.0 Å². The third-order valence-corrected chi connectivity index (χ3v) is 6.11. The van der Waals surface area contributed by atoms with Gasteiger partial charge in [0.1, 0.15) is 0 Å². The second-order valence-corrected chi connectivity index (χ2v) is 7.91. The molecule has 2 heterocycles. The van der Waals surface area contributed by atoms with E-state index >= 15 is 0 Å². The lowest BCUT2D eigenvalue weighted by Crippen LogP contribution is -2.37. The Bertz CT molecular complexity index is 620. The lowest BCUT2D eigenvalue weighted by Gasteiger charge is -2.26. The Morgan fingerprint density at radius 3 is 2.46 bits per heavy atom. The molecule has 0 bridgehead atoms. The molecular weight excluding hydrogens is 328 g/mol. The number of rotatable bonds is 6. The number of nitrogens with zero attached hydrogens (tertiary/aromatic N) is 3. The summed E-state index contributed by atoms with van der Waals surface area (Å²) in [6.45, 7) is 5.62. The van der Waals surface area contributed by atoms with Gasteiger partial charge >= 0.3 is 0 Å². The molecule has 6 heteroatoms. The van der Waals surface area contributed by atoms with Crippen molar-refractivity contribution in [1.29, 1.82) is 0 Å². The summed E-state index contributed by atoms with van der Waals surface area (Å²) in [5.41, 5.74) is 3.33. The molecule has 1 aliphatic carbocycles. The van der Waals surface area contributed by atoms with Crippen LogP contribution in [0.2, 0.25) is 0 Å². The van der Waals surface area contributed by atoms with Gasteiger partial charge in [0.15, 0.2) is 0 Å². The Balaban J connectivity index is 1.58. The maximum atomic E-state index is 12.3. The van der Waals surface area contributed by atoms with Gasteiger partial charge in [0.05, 0.1) is 24.4 Å². The number of aromatic nitrogens is 2. The second kappa shape index (κ2) is 8.53. The molecule has 1 amide bonds. The SMILES string of the molecule is Cc1nn(C)c(C)c1[C@H]1[C@H](NCCOC2CCCCCC2)CC(=O)N1C. The minimum Gasteiger partial charge on any atom is -0.377 e. The van der Waals surface area contributed by atoms with Crippen LogP contribution in [0.25, 0.3) is 0 Å². The summed E-state index contributed by atoms with van der Waals surface area (Å²) in [5.74, 6) is 0.194. The van der Waals surface area contributed by atoms with Gasteiger partial charge in [-0.15, -0.1) is 0 Å². The third-order valence-electron chi connectivity index (χ3n) is 6.11. The molecule has 0 radical (unpaired) electrons. The Morgan fingerprint density at radius 1 is 1.15 bits per heavy atom. The van der Waals surface area contributed by atoms with Crippen LogP contribution < -0.4 is 5.32 Å². The molecule has 0 aromatic carbocycles. The number of likely N-dealkylation sites (N-methyl/N-ethyl adjacent to an activating group) is 1. The van der Waals surface area contributed by atoms with Crippen molar-refractivity contribution in [3.8, 4) is 0 Å². The molecular formula is C20H34N4O2. The van der Waals surface area contributed by atoms with E-state index in [0.717, 1.165) is 24.5 Å². The van der Waals surface area contributed by atoms with Crippen LogP contribution in [-0.2, 0) is 16.6 Å². The summed E-state index contributed by atoms with van der Waals surface area (Å²) in [6.07, 6.45) is 8.63. The first-order valence-electron chi connectivity index (χ1n) is 10.1. The molecule has 1 N–H and O–H groups in total. The van der Waals surface area contributed by atoms with Crippen molar-refractivity contribution in [3.63, 3.8) is 0 Å². The fourth-order valence-electron chi connectivity index (χ4n) is 4.54. The molecule has 146 valence electrons. The summed E-state index contributed by atoms with van der Waals surface area (Å²) < 4.78 is 8.00. The number of nitrogens with one attached hydrogen (secondary N) is 1. The van der Waals surface area contributed by atoms with Crippen molar-refractivity contribution in [3.05, 3.63) is 17.0 Å². The molecule has 3 rings (SSSR count). The highest BCUT2D eigenvalue weighted by atomic mass is 16.5. The van der Waals surface area contributed by atoms with Crippen LogP contribution in [0.5, 0.6) is 0 Å². The van der Waals surface area contributed by atoms with Gasteiger partial charge in [0, 0.05) is 44.4 Å². The number of amides is 1. The minimum atomic E-state index is 0.0501. The summed E-state index contributed by atoms with van der Waals surface area (Å²) in [4.78, 5) is 14.2. The maximum Gasteiger partial charge on any atom is 0.224 e. The van der Waals surface area contributed by atoms with E-state index in [2.05, 4.69) is 17.3 Å². The average molecular weight is 363 g/mol. The molecule has 2 fully saturated rings. The fourth-order valence-corrected chi connectivity index (χ4v) is 4.54. The highest BCUT2D eigenvalue weighted by Gasteiger charge is 2.40. The number of carbonyl (C=O) groups excluding carboxylic acids is 1. The van der Waals surface area contributed by atoms with Crippen molar-refractivity contribution >= 4 is 5.91 Å². The van der Waals surface area contributed by atoms with Crippen LogP contribution in [0.4, 0.5) is 0 Å². The van der Waals surface area contributed by atoms with E-state index in [1.807, 2.05) is 30.6 Å². The monoisotopic (exact) mass is 362 g/mol. The van der Waals surface area contributed by atoms with Gasteiger partial charge in [-0.05, 0) is 26.7 Å². The summed E-state index contributed by atoms with van der Waals surface area (Å²) in [6, 6.07) is 0.168. The first kappa shape index (κ1) is 19.4. The fraction of sp³-hybridized carbons (Fsp3) is 0.800. The predicted octanol–water partition coefficient (Wildman–Crippen LogP) is 2.64. The number of hydrogen-bond donors (Lipinski definition) is 1. The van der Waals surface area contributed by atoms with Crippen molar-refractivity contribution in [2.24, 2.45) is 7.05 Å². The highest BCUT2D eigenvalue weighted by Crippen LogP contribution is 2.35. The van der Waals surface area contributed by atoms with Crippen LogP contribution in [0.15, 0.2) is 0 Å². The lowest BCUT2D eigenvalue weighted by molar-refractivity contribution is -0.127. The van der Waals surface area contributed by atoms with E-state index in [4.69, 9.17) is 4.74 Å². The van der Waals surface area contributed by atoms with E-state index in [0.29, 0.717) is 12.5 Å². The van der Waals surface area contributed by atoms with Gasteiger partial charge in [-0.1, -0.05) is 25.7 Å². The van der Waals surface area contributed by atoms with Gasteiger partial charge in [0.25, 0.3) is 0 Å². The zero-order valence-corrected chi connectivity index (χ0v) is 16.8. The van der Waals surface area contributed by atoms with E-state index in [-0.39, 0.29) is 18.0 Å². The summed E-state index contributed by atoms with van der Waals surface area (Å²) >= 11 is 0. The number of carbonyl (C=O) groups is 1. The molecule has 1 saturated heterocycles. The normalized spacial score (nSPS) is 25.1. The Labute approximate surface area is 157 Å². The molecule has 26 heavy (non-hydrogen) atoms. The lowest BCUT2D eigenvalue weighted by atomic mass is 9.98. The molecule has 2 aliphatic rings. The highest BCUT2D eigenvalue weighted by molar-refractivity contribution is 5.80. The molecule has 1 aromatic heterocycles. The van der Waals surface area contributed by atoms with E-state index in [1.165, 1.54) is 44.1 Å². The molecule has 0 unspecified atom stereocenters. The summed E-state index contributed by atoms with van der Waals surface area (Å²) in [5, 5.41) is 8.13.